The summed E-state index contributed by atoms with van der Waals surface area (Å²) < 4.78 is 5.84. The molecule has 0 N–H and O–H groups in total. The van der Waals surface area contributed by atoms with Crippen molar-refractivity contribution in [2.75, 3.05) is 19.0 Å². The van der Waals surface area contributed by atoms with Crippen molar-refractivity contribution in [3.05, 3.63) is 0 Å². The van der Waals surface area contributed by atoms with Crippen LogP contribution in [0.4, 0.5) is 0 Å². The monoisotopic (exact) mass is 400 g/mol. The Hall–Kier alpha value is 0.310. The fraction of sp³-hybridized carbons (Fsp3) is 1.00. The first-order valence-electron chi connectivity index (χ1n) is 11.9. The number of thiol groups is 1. The van der Waals surface area contributed by atoms with E-state index in [1.807, 2.05) is 0 Å². The summed E-state index contributed by atoms with van der Waals surface area (Å²) in [5.74, 6) is 4.31. The summed E-state index contributed by atoms with van der Waals surface area (Å²) in [5, 5.41) is 0. The van der Waals surface area contributed by atoms with Gasteiger partial charge < -0.3 is 4.74 Å². The highest BCUT2D eigenvalue weighted by atomic mass is 32.1. The van der Waals surface area contributed by atoms with E-state index >= 15 is 0 Å². The quantitative estimate of drug-likeness (QED) is 0.179. The number of hydrogen-bond donors (Lipinski definition) is 1. The van der Waals surface area contributed by atoms with Crippen molar-refractivity contribution in [2.45, 2.75) is 113 Å². The van der Waals surface area contributed by atoms with Crippen LogP contribution >= 0.6 is 12.6 Å². The second-order valence-electron chi connectivity index (χ2n) is 10.2. The standard InChI is InChI=1S/C25H52OS/c1-8-12-24(25(6,7)17-19-26-18-11-20-27)23(5)16-10-15-22(4)14-9-13-21(2)3/h21-24,27H,8-20H2,1-7H3. The van der Waals surface area contributed by atoms with Gasteiger partial charge in [-0.1, -0.05) is 93.4 Å². The van der Waals surface area contributed by atoms with E-state index < -0.39 is 0 Å². The zero-order chi connectivity index (χ0) is 20.7. The first kappa shape index (κ1) is 27.3. The smallest absolute Gasteiger partial charge is 0.0473 e. The van der Waals surface area contributed by atoms with Gasteiger partial charge >= 0.3 is 0 Å². The maximum absolute atomic E-state index is 5.84. The van der Waals surface area contributed by atoms with Crippen molar-refractivity contribution in [1.29, 1.82) is 0 Å². The second kappa shape index (κ2) is 16.1. The maximum Gasteiger partial charge on any atom is 0.0473 e. The number of rotatable bonds is 18. The van der Waals surface area contributed by atoms with Gasteiger partial charge in [-0.25, -0.2) is 0 Å². The van der Waals surface area contributed by atoms with Gasteiger partial charge in [-0.15, -0.1) is 0 Å². The molecule has 0 spiro atoms. The van der Waals surface area contributed by atoms with Gasteiger partial charge in [0, 0.05) is 13.2 Å². The SMILES string of the molecule is CCCC(C(C)CCCC(C)CCCC(C)C)C(C)(C)CCOCCCS. The molecule has 3 unspecified atom stereocenters. The minimum atomic E-state index is 0.374. The highest BCUT2D eigenvalue weighted by Gasteiger charge is 2.32. The molecule has 0 saturated carbocycles. The van der Waals surface area contributed by atoms with Crippen molar-refractivity contribution in [2.24, 2.45) is 29.1 Å². The van der Waals surface area contributed by atoms with Crippen LogP contribution in [-0.2, 0) is 4.74 Å². The van der Waals surface area contributed by atoms with Crippen LogP contribution < -0.4 is 0 Å². The third-order valence-corrected chi connectivity index (χ3v) is 6.78. The molecule has 0 bridgehead atoms. The zero-order valence-corrected chi connectivity index (χ0v) is 20.8. The normalized spacial score (nSPS) is 15.9. The topological polar surface area (TPSA) is 9.23 Å². The second-order valence-corrected chi connectivity index (χ2v) is 10.6. The van der Waals surface area contributed by atoms with Gasteiger partial charge in [-0.05, 0) is 54.1 Å². The van der Waals surface area contributed by atoms with Crippen LogP contribution in [-0.4, -0.2) is 19.0 Å². The Bertz CT molecular complexity index is 326. The molecule has 1 nitrogen and oxygen atoms in total. The predicted molar refractivity (Wildman–Crippen MR) is 127 cm³/mol. The Labute approximate surface area is 178 Å². The van der Waals surface area contributed by atoms with Crippen molar-refractivity contribution in [1.82, 2.24) is 0 Å². The third-order valence-electron chi connectivity index (χ3n) is 6.46. The molecule has 0 fully saturated rings. The Balaban J connectivity index is 4.29. The summed E-state index contributed by atoms with van der Waals surface area (Å²) in [6, 6.07) is 0. The van der Waals surface area contributed by atoms with Crippen molar-refractivity contribution >= 4 is 12.6 Å². The molecule has 27 heavy (non-hydrogen) atoms. The molecule has 0 heterocycles. The van der Waals surface area contributed by atoms with Crippen LogP contribution in [0, 0.1) is 29.1 Å². The van der Waals surface area contributed by atoms with Gasteiger partial charge in [0.05, 0.1) is 0 Å². The van der Waals surface area contributed by atoms with E-state index in [9.17, 15) is 0 Å². The molecule has 0 aromatic rings. The molecule has 2 heteroatoms. The van der Waals surface area contributed by atoms with Gasteiger partial charge in [-0.3, -0.25) is 0 Å². The molecule has 0 rings (SSSR count). The average molecular weight is 401 g/mol. The molecule has 164 valence electrons. The van der Waals surface area contributed by atoms with E-state index in [-0.39, 0.29) is 0 Å². The van der Waals surface area contributed by atoms with Crippen LogP contribution in [0.3, 0.4) is 0 Å². The minimum Gasteiger partial charge on any atom is -0.381 e. The molecule has 0 radical (unpaired) electrons. The van der Waals surface area contributed by atoms with Crippen LogP contribution in [0.5, 0.6) is 0 Å². The molecule has 0 aliphatic carbocycles. The first-order valence-corrected chi connectivity index (χ1v) is 12.6. The summed E-state index contributed by atoms with van der Waals surface area (Å²) in [7, 11) is 0. The number of ether oxygens (including phenoxy) is 1. The van der Waals surface area contributed by atoms with Gasteiger partial charge in [0.2, 0.25) is 0 Å². The number of hydrogen-bond acceptors (Lipinski definition) is 2. The Morgan fingerprint density at radius 2 is 1.44 bits per heavy atom. The van der Waals surface area contributed by atoms with Crippen LogP contribution in [0.25, 0.3) is 0 Å². The van der Waals surface area contributed by atoms with E-state index in [1.54, 1.807) is 0 Å². The fourth-order valence-electron chi connectivity index (χ4n) is 4.55. The molecular formula is C25H52OS. The molecule has 0 amide bonds. The summed E-state index contributed by atoms with van der Waals surface area (Å²) in [5.41, 5.74) is 0.374. The minimum absolute atomic E-state index is 0.374. The van der Waals surface area contributed by atoms with Gasteiger partial charge in [0.25, 0.3) is 0 Å². The first-order chi connectivity index (χ1) is 12.7. The van der Waals surface area contributed by atoms with Crippen LogP contribution in [0.1, 0.15) is 113 Å². The lowest BCUT2D eigenvalue weighted by atomic mass is 9.67. The van der Waals surface area contributed by atoms with Crippen molar-refractivity contribution in [3.8, 4) is 0 Å². The molecule has 0 saturated heterocycles. The van der Waals surface area contributed by atoms with E-state index in [0.717, 1.165) is 49.1 Å². The largest absolute Gasteiger partial charge is 0.381 e. The van der Waals surface area contributed by atoms with E-state index in [0.29, 0.717) is 5.41 Å². The van der Waals surface area contributed by atoms with Crippen LogP contribution in [0.2, 0.25) is 0 Å². The van der Waals surface area contributed by atoms with E-state index in [4.69, 9.17) is 4.74 Å². The van der Waals surface area contributed by atoms with Gasteiger partial charge in [0.15, 0.2) is 0 Å². The van der Waals surface area contributed by atoms with Crippen molar-refractivity contribution in [3.63, 3.8) is 0 Å². The molecule has 0 aromatic carbocycles. The predicted octanol–water partition coefficient (Wildman–Crippen LogP) is 8.42. The molecule has 0 aliphatic rings. The van der Waals surface area contributed by atoms with Gasteiger partial charge in [0.1, 0.15) is 0 Å². The van der Waals surface area contributed by atoms with E-state index in [1.165, 1.54) is 57.8 Å². The molecule has 3 atom stereocenters. The van der Waals surface area contributed by atoms with E-state index in [2.05, 4.69) is 61.1 Å². The summed E-state index contributed by atoms with van der Waals surface area (Å²) in [6.07, 6.45) is 13.3. The Morgan fingerprint density at radius 1 is 0.815 bits per heavy atom. The highest BCUT2D eigenvalue weighted by molar-refractivity contribution is 7.80. The lowest BCUT2D eigenvalue weighted by Crippen LogP contribution is -2.31. The average Bonchev–Trinajstić information content (AvgIpc) is 2.58. The summed E-state index contributed by atoms with van der Waals surface area (Å²) >= 11 is 4.26. The Morgan fingerprint density at radius 3 is 2.00 bits per heavy atom. The lowest BCUT2D eigenvalue weighted by molar-refractivity contribution is 0.0570. The fourth-order valence-corrected chi connectivity index (χ4v) is 4.68. The van der Waals surface area contributed by atoms with Crippen molar-refractivity contribution < 1.29 is 4.74 Å². The summed E-state index contributed by atoms with van der Waals surface area (Å²) in [4.78, 5) is 0. The Kier molecular flexibility index (Phi) is 16.3. The maximum atomic E-state index is 5.84. The third kappa shape index (κ3) is 14.0. The summed E-state index contributed by atoms with van der Waals surface area (Å²) in [6.45, 7) is 18.7. The molecule has 0 aliphatic heterocycles. The highest BCUT2D eigenvalue weighted by Crippen LogP contribution is 2.41. The van der Waals surface area contributed by atoms with Crippen LogP contribution in [0.15, 0.2) is 0 Å². The lowest BCUT2D eigenvalue weighted by Gasteiger charge is -2.39. The zero-order valence-electron chi connectivity index (χ0n) is 19.9. The van der Waals surface area contributed by atoms with Gasteiger partial charge in [-0.2, -0.15) is 12.6 Å². The molecular weight excluding hydrogens is 348 g/mol. The molecule has 0 aromatic heterocycles.